The molecule has 16 heavy (non-hydrogen) atoms. The van der Waals surface area contributed by atoms with Crippen LogP contribution in [0.3, 0.4) is 0 Å². The number of anilines is 1. The van der Waals surface area contributed by atoms with E-state index in [2.05, 4.69) is 52.0 Å². The first-order valence-corrected chi connectivity index (χ1v) is 7.09. The number of benzene rings is 1. The van der Waals surface area contributed by atoms with Crippen LogP contribution in [0.15, 0.2) is 28.7 Å². The molecule has 2 heteroatoms. The molecule has 0 radical (unpaired) electrons. The van der Waals surface area contributed by atoms with E-state index in [1.165, 1.54) is 44.5 Å². The summed E-state index contributed by atoms with van der Waals surface area (Å²) in [5, 5.41) is 0. The number of halogens is 1. The van der Waals surface area contributed by atoms with Gasteiger partial charge in [-0.2, -0.15) is 0 Å². The van der Waals surface area contributed by atoms with Crippen LogP contribution in [0, 0.1) is 5.92 Å². The molecule has 2 rings (SSSR count). The van der Waals surface area contributed by atoms with Crippen LogP contribution in [0.25, 0.3) is 0 Å². The lowest BCUT2D eigenvalue weighted by Crippen LogP contribution is -2.33. The summed E-state index contributed by atoms with van der Waals surface area (Å²) in [6, 6.07) is 8.69. The van der Waals surface area contributed by atoms with Crippen LogP contribution in [0.5, 0.6) is 0 Å². The lowest BCUT2D eigenvalue weighted by molar-refractivity contribution is 0.378. The predicted octanol–water partition coefficient (Wildman–Crippen LogP) is 4.47. The normalized spacial score (nSPS) is 17.8. The Hall–Kier alpha value is -0.500. The van der Waals surface area contributed by atoms with Crippen molar-refractivity contribution in [3.8, 4) is 0 Å². The smallest absolute Gasteiger partial charge is 0.0366 e. The quantitative estimate of drug-likeness (QED) is 0.790. The summed E-state index contributed by atoms with van der Waals surface area (Å²) in [5.41, 5.74) is 1.37. The second-order valence-electron chi connectivity index (χ2n) is 4.70. The Morgan fingerprint density at radius 2 is 1.81 bits per heavy atom. The van der Waals surface area contributed by atoms with Gasteiger partial charge in [0.25, 0.3) is 0 Å². The third-order valence-electron chi connectivity index (χ3n) is 3.50. The molecule has 1 aromatic carbocycles. The van der Waals surface area contributed by atoms with E-state index < -0.39 is 0 Å². The van der Waals surface area contributed by atoms with E-state index >= 15 is 0 Å². The van der Waals surface area contributed by atoms with E-state index in [0.29, 0.717) is 0 Å². The fraction of sp³-hybridized carbons (Fsp3) is 0.571. The molecule has 1 aliphatic heterocycles. The van der Waals surface area contributed by atoms with E-state index in [0.717, 1.165) is 10.4 Å². The number of hydrogen-bond acceptors (Lipinski definition) is 1. The van der Waals surface area contributed by atoms with Gasteiger partial charge in [0.2, 0.25) is 0 Å². The fourth-order valence-electron chi connectivity index (χ4n) is 2.54. The highest BCUT2D eigenvalue weighted by molar-refractivity contribution is 9.10. The molecule has 1 fully saturated rings. The minimum atomic E-state index is 0.969. The van der Waals surface area contributed by atoms with E-state index in [1.807, 2.05) is 0 Å². The van der Waals surface area contributed by atoms with Gasteiger partial charge in [-0.3, -0.25) is 0 Å². The van der Waals surface area contributed by atoms with Crippen LogP contribution in [-0.4, -0.2) is 13.1 Å². The molecule has 1 aliphatic rings. The summed E-state index contributed by atoms with van der Waals surface area (Å²) in [6.07, 6.45) is 5.48. The third-order valence-corrected chi connectivity index (χ3v) is 4.03. The van der Waals surface area contributed by atoms with Crippen molar-refractivity contribution in [2.75, 3.05) is 18.0 Å². The molecule has 0 saturated carbocycles. The summed E-state index contributed by atoms with van der Waals surface area (Å²) in [7, 11) is 0. The predicted molar refractivity (Wildman–Crippen MR) is 74.0 cm³/mol. The average Bonchev–Trinajstić information content (AvgIpc) is 2.32. The van der Waals surface area contributed by atoms with Crippen LogP contribution in [0.2, 0.25) is 0 Å². The third kappa shape index (κ3) is 3.00. The van der Waals surface area contributed by atoms with E-state index in [1.54, 1.807) is 0 Å². The lowest BCUT2D eigenvalue weighted by atomic mass is 9.92. The van der Waals surface area contributed by atoms with E-state index in [9.17, 15) is 0 Å². The van der Waals surface area contributed by atoms with Crippen LogP contribution in [0.1, 0.15) is 32.6 Å². The van der Waals surface area contributed by atoms with Crippen LogP contribution in [-0.2, 0) is 0 Å². The van der Waals surface area contributed by atoms with Crippen molar-refractivity contribution in [1.82, 2.24) is 0 Å². The van der Waals surface area contributed by atoms with Crippen molar-refractivity contribution in [2.45, 2.75) is 32.6 Å². The molecule has 0 bridgehead atoms. The van der Waals surface area contributed by atoms with Crippen LogP contribution >= 0.6 is 15.9 Å². The largest absolute Gasteiger partial charge is 0.372 e. The van der Waals surface area contributed by atoms with E-state index in [-0.39, 0.29) is 0 Å². The Morgan fingerprint density at radius 3 is 2.38 bits per heavy atom. The Bertz CT molecular complexity index is 312. The number of piperidine rings is 1. The van der Waals surface area contributed by atoms with Crippen molar-refractivity contribution in [2.24, 2.45) is 5.92 Å². The van der Waals surface area contributed by atoms with Gasteiger partial charge in [-0.1, -0.05) is 35.7 Å². The maximum absolute atomic E-state index is 3.48. The van der Waals surface area contributed by atoms with Gasteiger partial charge in [-0.05, 0) is 43.0 Å². The summed E-state index contributed by atoms with van der Waals surface area (Å²) < 4.78 is 1.16. The zero-order chi connectivity index (χ0) is 11.4. The summed E-state index contributed by atoms with van der Waals surface area (Å²) >= 11 is 3.48. The first-order chi connectivity index (χ1) is 7.79. The molecule has 0 aliphatic carbocycles. The Kier molecular flexibility index (Phi) is 4.28. The summed E-state index contributed by atoms with van der Waals surface area (Å²) in [4.78, 5) is 2.51. The fourth-order valence-corrected chi connectivity index (χ4v) is 2.80. The molecule has 0 unspecified atom stereocenters. The SMILES string of the molecule is CCCC1CCN(c2ccc(Br)cc2)CC1. The minimum Gasteiger partial charge on any atom is -0.372 e. The van der Waals surface area contributed by atoms with Crippen molar-refractivity contribution in [3.63, 3.8) is 0 Å². The monoisotopic (exact) mass is 281 g/mol. The second kappa shape index (κ2) is 5.72. The van der Waals surface area contributed by atoms with Crippen molar-refractivity contribution < 1.29 is 0 Å². The standard InChI is InChI=1S/C14H20BrN/c1-2-3-12-8-10-16(11-9-12)14-6-4-13(15)5-7-14/h4-7,12H,2-3,8-11H2,1H3. The van der Waals surface area contributed by atoms with Gasteiger partial charge < -0.3 is 4.90 Å². The molecular formula is C14H20BrN. The molecule has 88 valence electrons. The first kappa shape index (κ1) is 12.0. The van der Waals surface area contributed by atoms with Gasteiger partial charge in [0.15, 0.2) is 0 Å². The van der Waals surface area contributed by atoms with Gasteiger partial charge in [-0.15, -0.1) is 0 Å². The molecule has 0 spiro atoms. The topological polar surface area (TPSA) is 3.24 Å². The van der Waals surface area contributed by atoms with Crippen molar-refractivity contribution in [1.29, 1.82) is 0 Å². The van der Waals surface area contributed by atoms with Gasteiger partial charge in [0.05, 0.1) is 0 Å². The highest BCUT2D eigenvalue weighted by Gasteiger charge is 2.18. The highest BCUT2D eigenvalue weighted by atomic mass is 79.9. The summed E-state index contributed by atoms with van der Waals surface area (Å²) in [5.74, 6) is 0.969. The van der Waals surface area contributed by atoms with Gasteiger partial charge in [0.1, 0.15) is 0 Å². The maximum atomic E-state index is 3.48. The average molecular weight is 282 g/mol. The molecule has 0 aromatic heterocycles. The number of rotatable bonds is 3. The zero-order valence-electron chi connectivity index (χ0n) is 9.95. The summed E-state index contributed by atoms with van der Waals surface area (Å²) in [6.45, 7) is 4.75. The lowest BCUT2D eigenvalue weighted by Gasteiger charge is -2.33. The second-order valence-corrected chi connectivity index (χ2v) is 5.61. The Labute approximate surface area is 107 Å². The Balaban J connectivity index is 1.91. The van der Waals surface area contributed by atoms with Crippen molar-refractivity contribution >= 4 is 21.6 Å². The molecule has 1 aromatic rings. The molecule has 1 heterocycles. The maximum Gasteiger partial charge on any atom is 0.0366 e. The van der Waals surface area contributed by atoms with Gasteiger partial charge in [0, 0.05) is 23.2 Å². The van der Waals surface area contributed by atoms with Gasteiger partial charge in [-0.25, -0.2) is 0 Å². The molecule has 0 amide bonds. The Morgan fingerprint density at radius 1 is 1.19 bits per heavy atom. The van der Waals surface area contributed by atoms with Crippen LogP contribution < -0.4 is 4.90 Å². The first-order valence-electron chi connectivity index (χ1n) is 6.30. The highest BCUT2D eigenvalue weighted by Crippen LogP contribution is 2.26. The zero-order valence-corrected chi connectivity index (χ0v) is 11.5. The minimum absolute atomic E-state index is 0.969. The van der Waals surface area contributed by atoms with Crippen molar-refractivity contribution in [3.05, 3.63) is 28.7 Å². The number of hydrogen-bond donors (Lipinski definition) is 0. The molecule has 1 nitrogen and oxygen atoms in total. The van der Waals surface area contributed by atoms with Crippen LogP contribution in [0.4, 0.5) is 5.69 Å². The molecule has 0 N–H and O–H groups in total. The molecule has 0 atom stereocenters. The molecular weight excluding hydrogens is 262 g/mol. The molecule has 1 saturated heterocycles. The van der Waals surface area contributed by atoms with E-state index in [4.69, 9.17) is 0 Å². The van der Waals surface area contributed by atoms with Gasteiger partial charge >= 0.3 is 0 Å². The number of nitrogens with zero attached hydrogens (tertiary/aromatic N) is 1.